The third-order valence-electron chi connectivity index (χ3n) is 9.95. The highest BCUT2D eigenvalue weighted by Gasteiger charge is 2.86. The minimum absolute atomic E-state index is 0.0427. The fraction of sp³-hybridized carbons (Fsp3) is 0.833. The van der Waals surface area contributed by atoms with E-state index in [9.17, 15) is 26.4 Å². The van der Waals surface area contributed by atoms with Crippen LogP contribution in [0.2, 0.25) is 0 Å². The van der Waals surface area contributed by atoms with Crippen LogP contribution in [-0.4, -0.2) is 64.3 Å². The van der Waals surface area contributed by atoms with Crippen LogP contribution in [-0.2, 0) is 42.9 Å². The SMILES string of the molecule is CC(=O)[C@@]12O[C@]1(C)C[C@H]1[C@@H]3[C@@H](OS(C)(=O)=O)[C@@H](OS(C)(=O)=O)C4=CC(=O)CC[C@]4(C)[C@H]3CC[C@@]12C. The standard InChI is InChI=1S/C24H34O9S2/c1-13(25)24-22(3)10-8-15-18(17(22)12-23(24,4)33-24)20(32-35(6,29)30)19(31-34(5,27)28)16-11-14(26)7-9-21(15,16)2/h11,15,17-20H,7-10,12H2,1-6H3/t15-,17-,18+,19-,20+,21+,22-,23+,24-/m0/s1. The smallest absolute Gasteiger partial charge is 0.265 e. The quantitative estimate of drug-likeness (QED) is 0.387. The molecule has 4 aliphatic carbocycles. The van der Waals surface area contributed by atoms with Gasteiger partial charge in [0.05, 0.1) is 12.5 Å². The minimum atomic E-state index is -4.03. The molecule has 0 N–H and O–H groups in total. The minimum Gasteiger partial charge on any atom is -0.354 e. The van der Waals surface area contributed by atoms with E-state index in [1.165, 1.54) is 6.08 Å². The number of hydrogen-bond donors (Lipinski definition) is 0. The predicted molar refractivity (Wildman–Crippen MR) is 125 cm³/mol. The van der Waals surface area contributed by atoms with E-state index >= 15 is 0 Å². The summed E-state index contributed by atoms with van der Waals surface area (Å²) in [5.41, 5.74) is -2.24. The summed E-state index contributed by atoms with van der Waals surface area (Å²) in [6, 6.07) is 0. The predicted octanol–water partition coefficient (Wildman–Crippen LogP) is 2.15. The highest BCUT2D eigenvalue weighted by molar-refractivity contribution is 7.86. The Morgan fingerprint density at radius 2 is 1.66 bits per heavy atom. The van der Waals surface area contributed by atoms with Crippen LogP contribution in [0.1, 0.15) is 59.8 Å². The fourth-order valence-electron chi connectivity index (χ4n) is 8.76. The van der Waals surface area contributed by atoms with Crippen LogP contribution in [0.3, 0.4) is 0 Å². The van der Waals surface area contributed by atoms with Crippen LogP contribution < -0.4 is 0 Å². The first-order chi connectivity index (χ1) is 15.9. The number of ether oxygens (including phenoxy) is 1. The summed E-state index contributed by atoms with van der Waals surface area (Å²) >= 11 is 0. The normalized spacial score (nSPS) is 48.8. The summed E-state index contributed by atoms with van der Waals surface area (Å²) in [7, 11) is -8.04. The molecule has 9 atom stereocenters. The first kappa shape index (κ1) is 25.5. The molecule has 196 valence electrons. The van der Waals surface area contributed by atoms with E-state index in [0.29, 0.717) is 37.7 Å². The molecule has 4 fully saturated rings. The Kier molecular flexibility index (Phi) is 5.28. The maximum Gasteiger partial charge on any atom is 0.265 e. The summed E-state index contributed by atoms with van der Waals surface area (Å²) < 4.78 is 67.0. The van der Waals surface area contributed by atoms with Crippen molar-refractivity contribution in [3.63, 3.8) is 0 Å². The zero-order valence-electron chi connectivity index (χ0n) is 21.0. The highest BCUT2D eigenvalue weighted by Crippen LogP contribution is 2.77. The second-order valence-electron chi connectivity index (χ2n) is 12.0. The highest BCUT2D eigenvalue weighted by atomic mass is 32.2. The lowest BCUT2D eigenvalue weighted by atomic mass is 9.45. The molecule has 0 bridgehead atoms. The molecule has 0 aromatic rings. The van der Waals surface area contributed by atoms with Gasteiger partial charge in [0.15, 0.2) is 17.2 Å². The number of rotatable bonds is 5. The molecule has 0 unspecified atom stereocenters. The molecule has 0 radical (unpaired) electrons. The number of hydrogen-bond acceptors (Lipinski definition) is 9. The molecule has 1 saturated heterocycles. The van der Waals surface area contributed by atoms with E-state index in [1.54, 1.807) is 6.92 Å². The number of Topliss-reactive ketones (excluding diaryl/α,β-unsaturated/α-hetero) is 1. The Labute approximate surface area is 207 Å². The Morgan fingerprint density at radius 1 is 1.03 bits per heavy atom. The summed E-state index contributed by atoms with van der Waals surface area (Å²) in [6.45, 7) is 7.53. The molecular weight excluding hydrogens is 496 g/mol. The molecule has 3 saturated carbocycles. The van der Waals surface area contributed by atoms with Gasteiger partial charge in [-0.15, -0.1) is 0 Å². The first-order valence-corrected chi connectivity index (χ1v) is 15.7. The monoisotopic (exact) mass is 530 g/mol. The molecule has 0 aromatic heterocycles. The number of carbonyl (C=O) groups is 2. The number of ketones is 2. The number of epoxide rings is 1. The van der Waals surface area contributed by atoms with Crippen LogP contribution in [0.25, 0.3) is 0 Å². The van der Waals surface area contributed by atoms with Crippen LogP contribution in [0.4, 0.5) is 0 Å². The largest absolute Gasteiger partial charge is 0.354 e. The summed E-state index contributed by atoms with van der Waals surface area (Å²) in [5, 5.41) is 0. The molecule has 0 amide bonds. The molecule has 1 aliphatic heterocycles. The van der Waals surface area contributed by atoms with Gasteiger partial charge >= 0.3 is 0 Å². The van der Waals surface area contributed by atoms with E-state index in [-0.39, 0.29) is 23.4 Å². The second-order valence-corrected chi connectivity index (χ2v) is 15.2. The van der Waals surface area contributed by atoms with Crippen molar-refractivity contribution in [3.8, 4) is 0 Å². The molecule has 9 nitrogen and oxygen atoms in total. The number of fused-ring (bicyclic) bond motifs is 7. The Bertz CT molecular complexity index is 1250. The average molecular weight is 531 g/mol. The second kappa shape index (κ2) is 7.24. The lowest BCUT2D eigenvalue weighted by Crippen LogP contribution is -2.63. The fourth-order valence-corrected chi connectivity index (χ4v) is 9.98. The van der Waals surface area contributed by atoms with E-state index in [0.717, 1.165) is 12.5 Å². The molecule has 0 spiro atoms. The van der Waals surface area contributed by atoms with Crippen LogP contribution in [0, 0.1) is 28.6 Å². The zero-order chi connectivity index (χ0) is 26.0. The van der Waals surface area contributed by atoms with E-state index in [1.807, 2.05) is 20.8 Å². The van der Waals surface area contributed by atoms with Crippen molar-refractivity contribution in [2.24, 2.45) is 28.6 Å². The lowest BCUT2D eigenvalue weighted by Gasteiger charge is -2.61. The van der Waals surface area contributed by atoms with Crippen molar-refractivity contribution in [2.75, 3.05) is 12.5 Å². The molecule has 0 aromatic carbocycles. The van der Waals surface area contributed by atoms with Gasteiger partial charge in [0, 0.05) is 11.8 Å². The van der Waals surface area contributed by atoms with Crippen molar-refractivity contribution in [1.82, 2.24) is 0 Å². The van der Waals surface area contributed by atoms with Gasteiger partial charge < -0.3 is 4.74 Å². The van der Waals surface area contributed by atoms with Gasteiger partial charge in [0.2, 0.25) is 0 Å². The first-order valence-electron chi connectivity index (χ1n) is 12.1. The van der Waals surface area contributed by atoms with Gasteiger partial charge in [-0.2, -0.15) is 16.8 Å². The molecule has 1 heterocycles. The van der Waals surface area contributed by atoms with Gasteiger partial charge in [-0.1, -0.05) is 13.8 Å². The van der Waals surface area contributed by atoms with E-state index in [2.05, 4.69) is 0 Å². The van der Waals surface area contributed by atoms with Crippen molar-refractivity contribution >= 4 is 31.8 Å². The Morgan fingerprint density at radius 3 is 2.23 bits per heavy atom. The van der Waals surface area contributed by atoms with Gasteiger partial charge in [-0.05, 0) is 74.3 Å². The maximum atomic E-state index is 12.9. The zero-order valence-corrected chi connectivity index (χ0v) is 22.6. The summed E-state index contributed by atoms with van der Waals surface area (Å²) in [5.74, 6) is -0.822. The lowest BCUT2D eigenvalue weighted by molar-refractivity contribution is -0.157. The van der Waals surface area contributed by atoms with Crippen molar-refractivity contribution in [2.45, 2.75) is 83.2 Å². The molecule has 11 heteroatoms. The van der Waals surface area contributed by atoms with Crippen LogP contribution in [0.5, 0.6) is 0 Å². The third kappa shape index (κ3) is 3.41. The molecular formula is C24H34O9S2. The van der Waals surface area contributed by atoms with Crippen molar-refractivity contribution in [3.05, 3.63) is 11.6 Å². The van der Waals surface area contributed by atoms with Gasteiger partial charge in [0.25, 0.3) is 20.2 Å². The van der Waals surface area contributed by atoms with Gasteiger partial charge in [0.1, 0.15) is 17.8 Å². The third-order valence-corrected chi connectivity index (χ3v) is 11.1. The van der Waals surface area contributed by atoms with Gasteiger partial charge in [-0.3, -0.25) is 18.0 Å². The summed E-state index contributed by atoms with van der Waals surface area (Å²) in [4.78, 5) is 25.4. The van der Waals surface area contributed by atoms with Crippen LogP contribution in [0.15, 0.2) is 11.6 Å². The maximum absolute atomic E-state index is 12.9. The Balaban J connectivity index is 1.71. The average Bonchev–Trinajstić information content (AvgIpc) is 3.27. The van der Waals surface area contributed by atoms with Crippen molar-refractivity contribution < 1.29 is 39.5 Å². The number of carbonyl (C=O) groups excluding carboxylic acids is 2. The van der Waals surface area contributed by atoms with Crippen molar-refractivity contribution in [1.29, 1.82) is 0 Å². The topological polar surface area (TPSA) is 133 Å². The Hall–Kier alpha value is -1.14. The molecule has 5 rings (SSSR count). The van der Waals surface area contributed by atoms with Gasteiger partial charge in [-0.25, -0.2) is 0 Å². The molecule has 35 heavy (non-hydrogen) atoms. The van der Waals surface area contributed by atoms with E-state index < -0.39 is 60.4 Å². The van der Waals surface area contributed by atoms with E-state index in [4.69, 9.17) is 13.1 Å². The van der Waals surface area contributed by atoms with Crippen LogP contribution >= 0.6 is 0 Å². The molecule has 5 aliphatic rings. The summed E-state index contributed by atoms with van der Waals surface area (Å²) in [6.07, 6.45) is 3.63.